The van der Waals surface area contributed by atoms with E-state index in [9.17, 15) is 4.79 Å². The molecule has 0 aliphatic heterocycles. The Morgan fingerprint density at radius 2 is 1.90 bits per heavy atom. The van der Waals surface area contributed by atoms with Gasteiger partial charge in [0.15, 0.2) is 5.82 Å². The molecular formula is C22H18N6O2S. The fourth-order valence-electron chi connectivity index (χ4n) is 3.22. The third-order valence-electron chi connectivity index (χ3n) is 4.64. The van der Waals surface area contributed by atoms with Crippen LogP contribution in [0.15, 0.2) is 65.2 Å². The van der Waals surface area contributed by atoms with Crippen molar-refractivity contribution in [2.24, 2.45) is 7.05 Å². The number of benzene rings is 2. The number of aryl methyl sites for hydroxylation is 1. The van der Waals surface area contributed by atoms with Crippen molar-refractivity contribution in [3.8, 4) is 11.1 Å². The van der Waals surface area contributed by atoms with Crippen molar-refractivity contribution in [2.45, 2.75) is 12.8 Å². The lowest BCUT2D eigenvalue weighted by molar-refractivity contribution is -0.115. The lowest BCUT2D eigenvalue weighted by Crippen LogP contribution is -2.15. The topological polar surface area (TPSA) is 98.7 Å². The van der Waals surface area contributed by atoms with Gasteiger partial charge in [0.2, 0.25) is 17.7 Å². The minimum Gasteiger partial charge on any atom is -0.424 e. The van der Waals surface area contributed by atoms with Crippen LogP contribution in [0.2, 0.25) is 0 Å². The second-order valence-corrected chi connectivity index (χ2v) is 8.14. The Labute approximate surface area is 181 Å². The fourth-order valence-corrected chi connectivity index (χ4v) is 4.22. The summed E-state index contributed by atoms with van der Waals surface area (Å²) in [6.07, 6.45) is 2.17. The van der Waals surface area contributed by atoms with Crippen LogP contribution in [0.1, 0.15) is 16.8 Å². The molecule has 3 heterocycles. The number of carbonyl (C=O) groups excluding carboxylic acids is 1. The molecule has 1 N–H and O–H groups in total. The summed E-state index contributed by atoms with van der Waals surface area (Å²) in [6.45, 7) is 0. The third kappa shape index (κ3) is 4.36. The monoisotopic (exact) mass is 430 g/mol. The number of nitrogens with one attached hydrogen (secondary N) is 1. The van der Waals surface area contributed by atoms with Crippen molar-refractivity contribution < 1.29 is 9.21 Å². The molecule has 5 rings (SSSR count). The summed E-state index contributed by atoms with van der Waals surface area (Å²) < 4.78 is 8.36. The second-order valence-electron chi connectivity index (χ2n) is 7.02. The van der Waals surface area contributed by atoms with Gasteiger partial charge >= 0.3 is 0 Å². The Bertz CT molecular complexity index is 1350. The van der Waals surface area contributed by atoms with Gasteiger partial charge in [0.1, 0.15) is 11.4 Å². The summed E-state index contributed by atoms with van der Waals surface area (Å²) in [4.78, 5) is 16.8. The molecule has 0 saturated heterocycles. The molecule has 154 valence electrons. The van der Waals surface area contributed by atoms with Crippen molar-refractivity contribution in [1.82, 2.24) is 25.0 Å². The smallest absolute Gasteiger partial charge is 0.234 e. The zero-order valence-electron chi connectivity index (χ0n) is 16.6. The average molecular weight is 430 g/mol. The van der Waals surface area contributed by atoms with Gasteiger partial charge in [-0.15, -0.1) is 21.5 Å². The highest BCUT2D eigenvalue weighted by Gasteiger charge is 2.14. The molecule has 0 spiro atoms. The molecule has 0 atom stereocenters. The van der Waals surface area contributed by atoms with Crippen LogP contribution in [0.25, 0.3) is 21.3 Å². The summed E-state index contributed by atoms with van der Waals surface area (Å²) in [5.74, 6) is 0.915. The highest BCUT2D eigenvalue weighted by molar-refractivity contribution is 7.18. The average Bonchev–Trinajstić information content (AvgIpc) is 3.48. The largest absolute Gasteiger partial charge is 0.424 e. The van der Waals surface area contributed by atoms with Crippen LogP contribution in [0.3, 0.4) is 0 Å². The number of carbonyl (C=O) groups is 1. The fraction of sp³-hybridized carbons (Fsp3) is 0.136. The van der Waals surface area contributed by atoms with Gasteiger partial charge in [-0.2, -0.15) is 5.10 Å². The molecule has 0 fully saturated rings. The number of nitrogens with zero attached hydrogens (tertiary/aromatic N) is 5. The number of anilines is 1. The van der Waals surface area contributed by atoms with Crippen molar-refractivity contribution in [3.63, 3.8) is 0 Å². The van der Waals surface area contributed by atoms with E-state index in [1.807, 2.05) is 24.3 Å². The van der Waals surface area contributed by atoms with E-state index in [4.69, 9.17) is 4.42 Å². The number of hydrogen-bond donors (Lipinski definition) is 1. The summed E-state index contributed by atoms with van der Waals surface area (Å²) >= 11 is 1.60. The zero-order chi connectivity index (χ0) is 21.2. The number of hydrogen-bond acceptors (Lipinski definition) is 7. The van der Waals surface area contributed by atoms with Gasteiger partial charge in [0.05, 0.1) is 16.6 Å². The van der Waals surface area contributed by atoms with E-state index in [-0.39, 0.29) is 18.2 Å². The van der Waals surface area contributed by atoms with Crippen LogP contribution in [0.5, 0.6) is 0 Å². The van der Waals surface area contributed by atoms with Crippen LogP contribution in [0, 0.1) is 0 Å². The quantitative estimate of drug-likeness (QED) is 0.439. The van der Waals surface area contributed by atoms with Gasteiger partial charge in [0.25, 0.3) is 0 Å². The standard InChI is InChI=1S/C22H18N6O2S/c1-28-10-9-18(27-28)24-19(29)12-20-25-26-21(30-20)13-22-23-16-8-7-15(11-17(16)31-22)14-5-3-2-4-6-14/h2-11H,12-13H2,1H3,(H,24,27,29). The molecule has 1 amide bonds. The van der Waals surface area contributed by atoms with Crippen LogP contribution in [-0.2, 0) is 24.7 Å². The van der Waals surface area contributed by atoms with Gasteiger partial charge in [-0.3, -0.25) is 9.48 Å². The Kier molecular flexibility index (Phi) is 5.01. The normalized spacial score (nSPS) is 11.1. The number of thiazole rings is 1. The van der Waals surface area contributed by atoms with E-state index in [0.717, 1.165) is 20.8 Å². The number of aromatic nitrogens is 5. The molecular weight excluding hydrogens is 412 g/mol. The van der Waals surface area contributed by atoms with Crippen LogP contribution >= 0.6 is 11.3 Å². The molecule has 0 saturated carbocycles. The van der Waals surface area contributed by atoms with E-state index < -0.39 is 0 Å². The highest BCUT2D eigenvalue weighted by Crippen LogP contribution is 2.29. The molecule has 2 aromatic carbocycles. The van der Waals surface area contributed by atoms with Gasteiger partial charge in [0, 0.05) is 19.3 Å². The maximum absolute atomic E-state index is 12.1. The third-order valence-corrected chi connectivity index (χ3v) is 5.66. The zero-order valence-corrected chi connectivity index (χ0v) is 17.5. The van der Waals surface area contributed by atoms with Crippen molar-refractivity contribution in [1.29, 1.82) is 0 Å². The van der Waals surface area contributed by atoms with Gasteiger partial charge < -0.3 is 9.73 Å². The summed E-state index contributed by atoms with van der Waals surface area (Å²) in [6, 6.07) is 18.2. The lowest BCUT2D eigenvalue weighted by Gasteiger charge is -2.00. The summed E-state index contributed by atoms with van der Waals surface area (Å²) in [5, 5.41) is 15.7. The number of rotatable bonds is 6. The first-order valence-corrected chi connectivity index (χ1v) is 10.5. The van der Waals surface area contributed by atoms with Gasteiger partial charge in [-0.05, 0) is 23.3 Å². The van der Waals surface area contributed by atoms with Gasteiger partial charge in [-0.1, -0.05) is 36.4 Å². The Balaban J connectivity index is 1.27. The molecule has 9 heteroatoms. The maximum Gasteiger partial charge on any atom is 0.234 e. The van der Waals surface area contributed by atoms with Crippen molar-refractivity contribution in [3.05, 3.63) is 77.6 Å². The van der Waals surface area contributed by atoms with E-state index in [1.165, 1.54) is 5.56 Å². The molecule has 31 heavy (non-hydrogen) atoms. The minimum atomic E-state index is -0.262. The lowest BCUT2D eigenvalue weighted by atomic mass is 10.1. The molecule has 0 aliphatic carbocycles. The first-order valence-electron chi connectivity index (χ1n) is 9.68. The summed E-state index contributed by atoms with van der Waals surface area (Å²) in [5.41, 5.74) is 3.27. The molecule has 0 aliphatic rings. The molecule has 0 bridgehead atoms. The van der Waals surface area contributed by atoms with Crippen molar-refractivity contribution >= 4 is 33.3 Å². The van der Waals surface area contributed by atoms with Crippen LogP contribution in [-0.4, -0.2) is 30.9 Å². The first-order chi connectivity index (χ1) is 15.1. The SMILES string of the molecule is Cn1ccc(NC(=O)Cc2nnc(Cc3nc4ccc(-c5ccccc5)cc4s3)o2)n1. The van der Waals surface area contributed by atoms with Crippen LogP contribution < -0.4 is 5.32 Å². The maximum atomic E-state index is 12.1. The predicted octanol–water partition coefficient (Wildman–Crippen LogP) is 3.85. The van der Waals surface area contributed by atoms with E-state index >= 15 is 0 Å². The number of amides is 1. The molecule has 3 aromatic heterocycles. The minimum absolute atomic E-state index is 0.0101. The second kappa shape index (κ2) is 8.11. The molecule has 8 nitrogen and oxygen atoms in total. The Hall–Kier alpha value is -3.85. The Morgan fingerprint density at radius 1 is 1.06 bits per heavy atom. The first kappa shape index (κ1) is 19.1. The molecule has 0 radical (unpaired) electrons. The van der Waals surface area contributed by atoms with Gasteiger partial charge in [-0.25, -0.2) is 4.98 Å². The molecule has 0 unspecified atom stereocenters. The van der Waals surface area contributed by atoms with E-state index in [1.54, 1.807) is 35.3 Å². The summed E-state index contributed by atoms with van der Waals surface area (Å²) in [7, 11) is 1.78. The van der Waals surface area contributed by atoms with Crippen molar-refractivity contribution in [2.75, 3.05) is 5.32 Å². The van der Waals surface area contributed by atoms with E-state index in [2.05, 4.69) is 49.9 Å². The number of fused-ring (bicyclic) bond motifs is 1. The Morgan fingerprint density at radius 3 is 2.71 bits per heavy atom. The predicted molar refractivity (Wildman–Crippen MR) is 118 cm³/mol. The van der Waals surface area contributed by atoms with Crippen LogP contribution in [0.4, 0.5) is 5.82 Å². The molecule has 5 aromatic rings. The highest BCUT2D eigenvalue weighted by atomic mass is 32.1. The van der Waals surface area contributed by atoms with E-state index in [0.29, 0.717) is 18.1 Å².